The lowest BCUT2D eigenvalue weighted by atomic mass is 9.94. The summed E-state index contributed by atoms with van der Waals surface area (Å²) in [5.41, 5.74) is 2.64. The molecule has 0 bridgehead atoms. The molecule has 1 aromatic rings. The molecule has 114 valence electrons. The average Bonchev–Trinajstić information content (AvgIpc) is 2.38. The Morgan fingerprint density at radius 3 is 1.95 bits per heavy atom. The van der Waals surface area contributed by atoms with Crippen molar-refractivity contribution >= 4 is 11.6 Å². The average molecular weight is 297 g/mol. The Labute approximate surface area is 129 Å². The fourth-order valence-electron chi connectivity index (χ4n) is 2.34. The summed E-state index contributed by atoms with van der Waals surface area (Å²) in [7, 11) is 0. The fraction of sp³-hybridized carbons (Fsp3) is 0.667. The molecule has 1 nitrogen and oxygen atoms in total. The molecule has 0 aliphatic carbocycles. The first-order valence-electron chi connectivity index (χ1n) is 7.78. The van der Waals surface area contributed by atoms with E-state index in [-0.39, 0.29) is 0 Å². The Bertz CT molecular complexity index is 372. The molecule has 0 aromatic heterocycles. The van der Waals surface area contributed by atoms with Crippen molar-refractivity contribution in [2.75, 3.05) is 12.5 Å². The quantitative estimate of drug-likeness (QED) is 0.537. The molecule has 0 spiro atoms. The van der Waals surface area contributed by atoms with E-state index in [9.17, 15) is 0 Å². The van der Waals surface area contributed by atoms with Crippen molar-refractivity contribution in [2.24, 2.45) is 5.92 Å². The highest BCUT2D eigenvalue weighted by Gasteiger charge is 2.15. The SMILES string of the molecule is CC(CCCl)CCOc1c(C(C)C)cccc1C(C)C. The highest BCUT2D eigenvalue weighted by molar-refractivity contribution is 6.17. The van der Waals surface area contributed by atoms with Crippen molar-refractivity contribution in [3.63, 3.8) is 0 Å². The first-order valence-corrected chi connectivity index (χ1v) is 8.32. The second-order valence-electron chi connectivity index (χ2n) is 6.29. The number of benzene rings is 1. The summed E-state index contributed by atoms with van der Waals surface area (Å²) in [5, 5.41) is 0. The predicted molar refractivity (Wildman–Crippen MR) is 89.2 cm³/mol. The van der Waals surface area contributed by atoms with Gasteiger partial charge in [0.15, 0.2) is 0 Å². The van der Waals surface area contributed by atoms with Crippen LogP contribution in [0.25, 0.3) is 0 Å². The van der Waals surface area contributed by atoms with E-state index in [1.54, 1.807) is 0 Å². The lowest BCUT2D eigenvalue weighted by molar-refractivity contribution is 0.275. The van der Waals surface area contributed by atoms with Gasteiger partial charge in [0.25, 0.3) is 0 Å². The fourth-order valence-corrected chi connectivity index (χ4v) is 2.71. The van der Waals surface area contributed by atoms with Crippen LogP contribution in [0.2, 0.25) is 0 Å². The number of hydrogen-bond donors (Lipinski definition) is 0. The first-order chi connectivity index (χ1) is 9.47. The first kappa shape index (κ1) is 17.4. The minimum absolute atomic E-state index is 0.490. The molecule has 20 heavy (non-hydrogen) atoms. The van der Waals surface area contributed by atoms with Crippen LogP contribution >= 0.6 is 11.6 Å². The van der Waals surface area contributed by atoms with Crippen LogP contribution in [0, 0.1) is 5.92 Å². The third-order valence-electron chi connectivity index (χ3n) is 3.78. The highest BCUT2D eigenvalue weighted by atomic mass is 35.5. The number of hydrogen-bond acceptors (Lipinski definition) is 1. The lowest BCUT2D eigenvalue weighted by Crippen LogP contribution is -2.08. The smallest absolute Gasteiger partial charge is 0.126 e. The van der Waals surface area contributed by atoms with Gasteiger partial charge in [-0.2, -0.15) is 0 Å². The van der Waals surface area contributed by atoms with Crippen molar-refractivity contribution in [3.8, 4) is 5.75 Å². The Hall–Kier alpha value is -0.690. The summed E-state index contributed by atoms with van der Waals surface area (Å²) in [6, 6.07) is 6.52. The molecular weight excluding hydrogens is 268 g/mol. The second-order valence-corrected chi connectivity index (χ2v) is 6.67. The Kier molecular flexibility index (Phi) is 7.43. The zero-order valence-electron chi connectivity index (χ0n) is 13.6. The van der Waals surface area contributed by atoms with E-state index in [4.69, 9.17) is 16.3 Å². The second kappa shape index (κ2) is 8.56. The topological polar surface area (TPSA) is 9.23 Å². The minimum atomic E-state index is 0.490. The van der Waals surface area contributed by atoms with Crippen LogP contribution in [0.4, 0.5) is 0 Å². The Balaban J connectivity index is 2.80. The summed E-state index contributed by atoms with van der Waals surface area (Å²) in [4.78, 5) is 0. The van der Waals surface area contributed by atoms with Crippen LogP contribution in [0.3, 0.4) is 0 Å². The van der Waals surface area contributed by atoms with Crippen LogP contribution in [-0.2, 0) is 0 Å². The molecule has 0 N–H and O–H groups in total. The van der Waals surface area contributed by atoms with Gasteiger partial charge < -0.3 is 4.74 Å². The zero-order valence-corrected chi connectivity index (χ0v) is 14.3. The van der Waals surface area contributed by atoms with Gasteiger partial charge in [-0.1, -0.05) is 52.8 Å². The van der Waals surface area contributed by atoms with Crippen LogP contribution in [-0.4, -0.2) is 12.5 Å². The summed E-state index contributed by atoms with van der Waals surface area (Å²) in [5.74, 6) is 3.45. The molecule has 1 rings (SSSR count). The lowest BCUT2D eigenvalue weighted by Gasteiger charge is -2.20. The molecule has 1 aromatic carbocycles. The van der Waals surface area contributed by atoms with Gasteiger partial charge in [-0.15, -0.1) is 11.6 Å². The van der Waals surface area contributed by atoms with E-state index >= 15 is 0 Å². The highest BCUT2D eigenvalue weighted by Crippen LogP contribution is 2.34. The van der Waals surface area contributed by atoms with E-state index in [1.807, 2.05) is 0 Å². The number of alkyl halides is 1. The minimum Gasteiger partial charge on any atom is -0.493 e. The number of ether oxygens (including phenoxy) is 1. The summed E-state index contributed by atoms with van der Waals surface area (Å²) >= 11 is 5.79. The van der Waals surface area contributed by atoms with Crippen LogP contribution in [0.5, 0.6) is 5.75 Å². The number of rotatable bonds is 8. The third-order valence-corrected chi connectivity index (χ3v) is 4.00. The third kappa shape index (κ3) is 5.01. The van der Waals surface area contributed by atoms with Gasteiger partial charge in [0.1, 0.15) is 5.75 Å². The van der Waals surface area contributed by atoms with Crippen molar-refractivity contribution in [3.05, 3.63) is 29.3 Å². The number of halogens is 1. The molecule has 2 heteroatoms. The van der Waals surface area contributed by atoms with Gasteiger partial charge in [0.05, 0.1) is 6.61 Å². The molecular formula is C18H29ClO. The molecule has 1 atom stereocenters. The monoisotopic (exact) mass is 296 g/mol. The number of para-hydroxylation sites is 1. The maximum atomic E-state index is 6.16. The summed E-state index contributed by atoms with van der Waals surface area (Å²) in [6.45, 7) is 11.9. The Morgan fingerprint density at radius 1 is 0.950 bits per heavy atom. The van der Waals surface area contributed by atoms with Gasteiger partial charge in [0, 0.05) is 5.88 Å². The van der Waals surface area contributed by atoms with Gasteiger partial charge >= 0.3 is 0 Å². The van der Waals surface area contributed by atoms with Crippen LogP contribution in [0.15, 0.2) is 18.2 Å². The maximum Gasteiger partial charge on any atom is 0.126 e. The molecule has 0 aliphatic heterocycles. The molecule has 0 heterocycles. The van der Waals surface area contributed by atoms with Gasteiger partial charge in [-0.3, -0.25) is 0 Å². The Morgan fingerprint density at radius 2 is 1.50 bits per heavy atom. The maximum absolute atomic E-state index is 6.16. The molecule has 0 saturated carbocycles. The van der Waals surface area contributed by atoms with Crippen LogP contribution < -0.4 is 4.74 Å². The van der Waals surface area contributed by atoms with Gasteiger partial charge in [-0.25, -0.2) is 0 Å². The van der Waals surface area contributed by atoms with Crippen molar-refractivity contribution in [2.45, 2.75) is 59.3 Å². The summed E-state index contributed by atoms with van der Waals surface area (Å²) < 4.78 is 6.16. The van der Waals surface area contributed by atoms with Crippen molar-refractivity contribution in [1.82, 2.24) is 0 Å². The van der Waals surface area contributed by atoms with E-state index in [0.29, 0.717) is 17.8 Å². The molecule has 0 saturated heterocycles. The predicted octanol–water partition coefficient (Wildman–Crippen LogP) is 5.97. The van der Waals surface area contributed by atoms with E-state index < -0.39 is 0 Å². The van der Waals surface area contributed by atoms with E-state index in [2.05, 4.69) is 52.8 Å². The molecule has 1 unspecified atom stereocenters. The van der Waals surface area contributed by atoms with Gasteiger partial charge in [-0.05, 0) is 41.7 Å². The largest absolute Gasteiger partial charge is 0.493 e. The van der Waals surface area contributed by atoms with Gasteiger partial charge in [0.2, 0.25) is 0 Å². The standard InChI is InChI=1S/C18H29ClO/c1-13(2)16-7-6-8-17(14(3)4)18(16)20-12-10-15(5)9-11-19/h6-8,13-15H,9-12H2,1-5H3. The molecule has 0 radical (unpaired) electrons. The van der Waals surface area contributed by atoms with Crippen molar-refractivity contribution < 1.29 is 4.74 Å². The molecule has 0 amide bonds. The van der Waals surface area contributed by atoms with E-state index in [0.717, 1.165) is 31.1 Å². The molecule has 0 fully saturated rings. The molecule has 0 aliphatic rings. The zero-order chi connectivity index (χ0) is 15.1. The summed E-state index contributed by atoms with van der Waals surface area (Å²) in [6.07, 6.45) is 2.13. The van der Waals surface area contributed by atoms with Crippen molar-refractivity contribution in [1.29, 1.82) is 0 Å². The van der Waals surface area contributed by atoms with E-state index in [1.165, 1.54) is 11.1 Å². The van der Waals surface area contributed by atoms with Crippen LogP contribution in [0.1, 0.15) is 70.4 Å². The normalized spacial score (nSPS) is 13.0.